The minimum atomic E-state index is -3.67. The van der Waals surface area contributed by atoms with Gasteiger partial charge in [-0.2, -0.15) is 0 Å². The smallest absolute Gasteiger partial charge is 0.304 e. The van der Waals surface area contributed by atoms with Crippen LogP contribution in [-0.2, 0) is 20.4 Å². The Morgan fingerprint density at radius 3 is 2.55 bits per heavy atom. The van der Waals surface area contributed by atoms with E-state index in [9.17, 15) is 23.3 Å². The van der Waals surface area contributed by atoms with Gasteiger partial charge in [0.2, 0.25) is 0 Å². The fourth-order valence-electron chi connectivity index (χ4n) is 1.71. The van der Waals surface area contributed by atoms with E-state index in [1.165, 1.54) is 20.0 Å². The number of rotatable bonds is 6. The van der Waals surface area contributed by atoms with Gasteiger partial charge in [-0.3, -0.25) is 19.9 Å². The van der Waals surface area contributed by atoms with Crippen molar-refractivity contribution in [1.82, 2.24) is 4.98 Å². The zero-order valence-corrected chi connectivity index (χ0v) is 11.8. The van der Waals surface area contributed by atoms with Crippen LogP contribution >= 0.6 is 0 Å². The van der Waals surface area contributed by atoms with E-state index in [0.717, 1.165) is 0 Å². The number of carboxylic acid groups (broad SMARTS) is 1. The first-order valence-electron chi connectivity index (χ1n) is 5.65. The molecule has 0 saturated carbocycles. The van der Waals surface area contributed by atoms with Gasteiger partial charge >= 0.3 is 5.97 Å². The first-order chi connectivity index (χ1) is 9.14. The molecule has 1 N–H and O–H groups in total. The summed E-state index contributed by atoms with van der Waals surface area (Å²) < 4.78 is 23.5. The van der Waals surface area contributed by atoms with Crippen LogP contribution in [0, 0.1) is 24.0 Å². The quantitative estimate of drug-likeness (QED) is 0.613. The topological polar surface area (TPSA) is 127 Å². The van der Waals surface area contributed by atoms with E-state index >= 15 is 0 Å². The molecular weight excluding hydrogens is 288 g/mol. The number of carboxylic acids is 1. The minimum absolute atomic E-state index is 0.0766. The largest absolute Gasteiger partial charge is 0.481 e. The number of aryl methyl sites for hydroxylation is 1. The van der Waals surface area contributed by atoms with E-state index in [1.54, 1.807) is 0 Å². The summed E-state index contributed by atoms with van der Waals surface area (Å²) in [5.41, 5.74) is 0.448. The monoisotopic (exact) mass is 302 g/mol. The van der Waals surface area contributed by atoms with Crippen molar-refractivity contribution >= 4 is 21.5 Å². The number of carbonyl (C=O) groups is 1. The minimum Gasteiger partial charge on any atom is -0.481 e. The van der Waals surface area contributed by atoms with Gasteiger partial charge in [0.1, 0.15) is 0 Å². The molecule has 0 atom stereocenters. The normalized spacial score (nSPS) is 11.3. The Morgan fingerprint density at radius 1 is 1.45 bits per heavy atom. The third kappa shape index (κ3) is 3.98. The summed E-state index contributed by atoms with van der Waals surface area (Å²) in [6, 6.07) is 0. The summed E-state index contributed by atoms with van der Waals surface area (Å²) in [7, 11) is -3.67. The second-order valence-electron chi connectivity index (χ2n) is 4.35. The molecule has 0 aromatic carbocycles. The molecule has 1 rings (SSSR count). The van der Waals surface area contributed by atoms with Crippen molar-refractivity contribution in [3.05, 3.63) is 33.1 Å². The maximum atomic E-state index is 11.7. The molecule has 1 heterocycles. The van der Waals surface area contributed by atoms with Crippen LogP contribution in [0.15, 0.2) is 6.20 Å². The molecule has 1 aromatic rings. The van der Waals surface area contributed by atoms with Crippen molar-refractivity contribution in [1.29, 1.82) is 0 Å². The SMILES string of the molecule is Cc1cnc(CS(=O)(=O)CCC(=O)O)c(C)c1[N+](=O)[O-]. The van der Waals surface area contributed by atoms with Crippen molar-refractivity contribution in [2.24, 2.45) is 0 Å². The molecule has 9 heteroatoms. The Hall–Kier alpha value is -2.03. The molecule has 0 fully saturated rings. The van der Waals surface area contributed by atoms with Crippen LogP contribution in [0.3, 0.4) is 0 Å². The van der Waals surface area contributed by atoms with Gasteiger partial charge in [-0.1, -0.05) is 0 Å². The average molecular weight is 302 g/mol. The van der Waals surface area contributed by atoms with Crippen LogP contribution in [0.5, 0.6) is 0 Å². The molecule has 0 radical (unpaired) electrons. The number of aliphatic carboxylic acids is 1. The number of nitro groups is 1. The molecule has 0 amide bonds. The summed E-state index contributed by atoms with van der Waals surface area (Å²) in [6.07, 6.45) is 0.739. The summed E-state index contributed by atoms with van der Waals surface area (Å²) >= 11 is 0. The summed E-state index contributed by atoms with van der Waals surface area (Å²) in [6.45, 7) is 2.95. The highest BCUT2D eigenvalue weighted by Crippen LogP contribution is 2.25. The maximum absolute atomic E-state index is 11.7. The lowest BCUT2D eigenvalue weighted by Crippen LogP contribution is -2.15. The van der Waals surface area contributed by atoms with Crippen LogP contribution in [0.25, 0.3) is 0 Å². The van der Waals surface area contributed by atoms with Gasteiger partial charge in [0.15, 0.2) is 9.84 Å². The summed E-state index contributed by atoms with van der Waals surface area (Å²) in [5, 5.41) is 19.4. The van der Waals surface area contributed by atoms with Crippen LogP contribution in [0.4, 0.5) is 5.69 Å². The van der Waals surface area contributed by atoms with E-state index in [1.807, 2.05) is 0 Å². The Kier molecular flexibility index (Phi) is 4.77. The molecule has 0 aliphatic carbocycles. The molecule has 0 unspecified atom stereocenters. The number of pyridine rings is 1. The lowest BCUT2D eigenvalue weighted by molar-refractivity contribution is -0.386. The van der Waals surface area contributed by atoms with Gasteiger partial charge in [-0.15, -0.1) is 0 Å². The van der Waals surface area contributed by atoms with Gasteiger partial charge in [0.25, 0.3) is 5.69 Å². The number of sulfone groups is 1. The third-order valence-electron chi connectivity index (χ3n) is 2.74. The van der Waals surface area contributed by atoms with Crippen molar-refractivity contribution in [2.75, 3.05) is 5.75 Å². The third-order valence-corrected chi connectivity index (χ3v) is 4.28. The lowest BCUT2D eigenvalue weighted by Gasteiger charge is -2.07. The predicted molar refractivity (Wildman–Crippen MR) is 70.1 cm³/mol. The fraction of sp³-hybridized carbons (Fsp3) is 0.455. The highest BCUT2D eigenvalue weighted by molar-refractivity contribution is 7.90. The Bertz CT molecular complexity index is 653. The van der Waals surface area contributed by atoms with Crippen LogP contribution < -0.4 is 0 Å². The Balaban J connectivity index is 3.08. The number of hydrogen-bond acceptors (Lipinski definition) is 6. The molecule has 0 saturated heterocycles. The number of nitrogens with zero attached hydrogens (tertiary/aromatic N) is 2. The molecule has 0 aliphatic rings. The molecular formula is C11H14N2O6S. The van der Waals surface area contributed by atoms with Crippen molar-refractivity contribution < 1.29 is 23.2 Å². The zero-order valence-electron chi connectivity index (χ0n) is 11.0. The average Bonchev–Trinajstić information content (AvgIpc) is 2.30. The molecule has 0 aliphatic heterocycles. The molecule has 110 valence electrons. The van der Waals surface area contributed by atoms with Gasteiger partial charge in [0, 0.05) is 17.3 Å². The van der Waals surface area contributed by atoms with Gasteiger partial charge in [-0.05, 0) is 13.8 Å². The number of aromatic nitrogens is 1. The van der Waals surface area contributed by atoms with Crippen LogP contribution in [-0.4, -0.2) is 35.2 Å². The first-order valence-corrected chi connectivity index (χ1v) is 7.48. The maximum Gasteiger partial charge on any atom is 0.304 e. The summed E-state index contributed by atoms with van der Waals surface area (Å²) in [4.78, 5) is 24.6. The van der Waals surface area contributed by atoms with Crippen molar-refractivity contribution in [3.63, 3.8) is 0 Å². The van der Waals surface area contributed by atoms with E-state index in [2.05, 4.69) is 4.98 Å². The van der Waals surface area contributed by atoms with Gasteiger partial charge in [0.05, 0.1) is 28.5 Å². The van der Waals surface area contributed by atoms with E-state index < -0.39 is 38.7 Å². The highest BCUT2D eigenvalue weighted by Gasteiger charge is 2.22. The van der Waals surface area contributed by atoms with E-state index in [0.29, 0.717) is 5.56 Å². The zero-order chi connectivity index (χ0) is 15.5. The predicted octanol–water partition coefficient (Wildman–Crippen LogP) is 0.996. The second kappa shape index (κ2) is 5.95. The van der Waals surface area contributed by atoms with Crippen LogP contribution in [0.1, 0.15) is 23.2 Å². The highest BCUT2D eigenvalue weighted by atomic mass is 32.2. The van der Waals surface area contributed by atoms with Crippen molar-refractivity contribution in [3.8, 4) is 0 Å². The second-order valence-corrected chi connectivity index (χ2v) is 6.54. The summed E-state index contributed by atoms with van der Waals surface area (Å²) in [5.74, 6) is -2.24. The lowest BCUT2D eigenvalue weighted by atomic mass is 10.1. The molecule has 0 bridgehead atoms. The molecule has 1 aromatic heterocycles. The van der Waals surface area contributed by atoms with Crippen LogP contribution in [0.2, 0.25) is 0 Å². The molecule has 20 heavy (non-hydrogen) atoms. The standard InChI is InChI=1S/C11H14N2O6S/c1-7-5-12-9(8(2)11(7)13(16)17)6-20(18,19)4-3-10(14)15/h5H,3-4,6H2,1-2H3,(H,14,15). The first kappa shape index (κ1) is 16.0. The van der Waals surface area contributed by atoms with E-state index in [4.69, 9.17) is 5.11 Å². The Labute approximate surface area is 115 Å². The van der Waals surface area contributed by atoms with Crippen molar-refractivity contribution in [2.45, 2.75) is 26.0 Å². The van der Waals surface area contributed by atoms with Gasteiger partial charge in [-0.25, -0.2) is 8.42 Å². The van der Waals surface area contributed by atoms with Gasteiger partial charge < -0.3 is 5.11 Å². The Morgan fingerprint density at radius 2 is 2.05 bits per heavy atom. The number of hydrogen-bond donors (Lipinski definition) is 1. The molecule has 8 nitrogen and oxygen atoms in total. The molecule has 0 spiro atoms. The van der Waals surface area contributed by atoms with E-state index in [-0.39, 0.29) is 16.9 Å². The fourth-order valence-corrected chi connectivity index (χ4v) is 3.05.